The highest BCUT2D eigenvalue weighted by atomic mass is 35.5. The first kappa shape index (κ1) is 19.9. The molecule has 28 heavy (non-hydrogen) atoms. The maximum atomic E-state index is 13.2. The van der Waals surface area contributed by atoms with Crippen LogP contribution in [0, 0.1) is 5.82 Å². The van der Waals surface area contributed by atoms with Crippen molar-refractivity contribution in [2.45, 2.75) is 19.3 Å². The van der Waals surface area contributed by atoms with Gasteiger partial charge in [-0.3, -0.25) is 9.59 Å². The van der Waals surface area contributed by atoms with Crippen molar-refractivity contribution >= 4 is 40.9 Å². The number of anilines is 2. The fraction of sp³-hybridized carbons (Fsp3) is 0.238. The first-order valence-electron chi connectivity index (χ1n) is 9.07. The van der Waals surface area contributed by atoms with E-state index in [1.54, 1.807) is 18.2 Å². The maximum Gasteiger partial charge on any atom is 0.248 e. The molecule has 1 fully saturated rings. The number of hydrogen-bond donors (Lipinski definition) is 2. The van der Waals surface area contributed by atoms with Crippen LogP contribution < -0.4 is 16.0 Å². The van der Waals surface area contributed by atoms with Crippen molar-refractivity contribution in [3.05, 3.63) is 64.4 Å². The molecule has 0 bridgehead atoms. The van der Waals surface area contributed by atoms with Crippen molar-refractivity contribution in [3.63, 3.8) is 0 Å². The number of nitrogens with zero attached hydrogens (tertiary/aromatic N) is 1. The quantitative estimate of drug-likeness (QED) is 0.736. The second-order valence-corrected chi connectivity index (χ2v) is 7.05. The summed E-state index contributed by atoms with van der Waals surface area (Å²) < 4.78 is 13.2. The van der Waals surface area contributed by atoms with Crippen LogP contribution in [-0.4, -0.2) is 24.9 Å². The highest BCUT2D eigenvalue weighted by Crippen LogP contribution is 2.30. The first-order valence-corrected chi connectivity index (χ1v) is 9.45. The molecule has 2 aromatic carbocycles. The molecule has 1 aliphatic rings. The number of carbonyl (C=O) groups is 2. The zero-order chi connectivity index (χ0) is 20.1. The van der Waals surface area contributed by atoms with E-state index in [-0.39, 0.29) is 10.9 Å². The Bertz CT molecular complexity index is 924. The zero-order valence-electron chi connectivity index (χ0n) is 15.3. The molecule has 0 atom stereocenters. The Hall–Kier alpha value is -2.86. The highest BCUT2D eigenvalue weighted by molar-refractivity contribution is 6.30. The number of amides is 2. The molecule has 7 heteroatoms. The van der Waals surface area contributed by atoms with Gasteiger partial charge in [-0.05, 0) is 61.2 Å². The predicted molar refractivity (Wildman–Crippen MR) is 110 cm³/mol. The zero-order valence-corrected chi connectivity index (χ0v) is 16.0. The average molecular weight is 402 g/mol. The number of rotatable bonds is 5. The summed E-state index contributed by atoms with van der Waals surface area (Å²) in [6, 6.07) is 9.27. The van der Waals surface area contributed by atoms with Crippen molar-refractivity contribution in [2.24, 2.45) is 5.73 Å². The average Bonchev–Trinajstić information content (AvgIpc) is 2.69. The Morgan fingerprint density at radius 1 is 1.11 bits per heavy atom. The topological polar surface area (TPSA) is 75.4 Å². The van der Waals surface area contributed by atoms with Crippen LogP contribution in [0.15, 0.2) is 42.5 Å². The lowest BCUT2D eigenvalue weighted by molar-refractivity contribution is -0.111. The Labute approximate surface area is 168 Å². The Kier molecular flexibility index (Phi) is 6.31. The fourth-order valence-corrected chi connectivity index (χ4v) is 3.35. The normalized spacial score (nSPS) is 14.3. The SMILES string of the molecule is NC(=O)c1ccc(N2CCCCC2)c(NC(=O)/C=C/c2ccc(F)c(Cl)c2)c1. The summed E-state index contributed by atoms with van der Waals surface area (Å²) >= 11 is 5.75. The molecule has 2 aromatic rings. The number of piperidine rings is 1. The second-order valence-electron chi connectivity index (χ2n) is 6.64. The summed E-state index contributed by atoms with van der Waals surface area (Å²) in [7, 11) is 0. The van der Waals surface area contributed by atoms with Gasteiger partial charge in [0.25, 0.3) is 0 Å². The molecule has 0 aliphatic carbocycles. The molecule has 5 nitrogen and oxygen atoms in total. The number of hydrogen-bond acceptors (Lipinski definition) is 3. The van der Waals surface area contributed by atoms with E-state index in [0.717, 1.165) is 31.6 Å². The number of nitrogens with one attached hydrogen (secondary N) is 1. The van der Waals surface area contributed by atoms with E-state index in [1.807, 2.05) is 6.07 Å². The molecular weight excluding hydrogens is 381 g/mol. The van der Waals surface area contributed by atoms with E-state index in [2.05, 4.69) is 10.2 Å². The van der Waals surface area contributed by atoms with Gasteiger partial charge >= 0.3 is 0 Å². The summed E-state index contributed by atoms with van der Waals surface area (Å²) in [5.74, 6) is -1.45. The molecule has 0 saturated carbocycles. The largest absolute Gasteiger partial charge is 0.370 e. The van der Waals surface area contributed by atoms with Crippen LogP contribution in [0.2, 0.25) is 5.02 Å². The van der Waals surface area contributed by atoms with Crippen molar-refractivity contribution in [2.75, 3.05) is 23.3 Å². The molecule has 1 heterocycles. The van der Waals surface area contributed by atoms with Gasteiger partial charge in [0.05, 0.1) is 16.4 Å². The number of benzene rings is 2. The van der Waals surface area contributed by atoms with Crippen LogP contribution in [0.1, 0.15) is 35.2 Å². The summed E-state index contributed by atoms with van der Waals surface area (Å²) in [6.07, 6.45) is 6.21. The molecule has 0 unspecified atom stereocenters. The van der Waals surface area contributed by atoms with Gasteiger partial charge in [0, 0.05) is 24.7 Å². The molecule has 2 amide bonds. The smallest absolute Gasteiger partial charge is 0.248 e. The fourth-order valence-electron chi connectivity index (χ4n) is 3.16. The molecule has 0 radical (unpaired) electrons. The van der Waals surface area contributed by atoms with E-state index in [4.69, 9.17) is 17.3 Å². The van der Waals surface area contributed by atoms with Crippen molar-refractivity contribution in [3.8, 4) is 0 Å². The lowest BCUT2D eigenvalue weighted by atomic mass is 10.1. The standard InChI is InChI=1S/C21H21ClFN3O2/c22-16-12-14(4-7-17(16)23)5-9-20(27)25-18-13-15(21(24)28)6-8-19(18)26-10-2-1-3-11-26/h4-9,12-13H,1-3,10-11H2,(H2,24,28)(H,25,27)/b9-5+. The van der Waals surface area contributed by atoms with Gasteiger partial charge in [-0.2, -0.15) is 0 Å². The summed E-state index contributed by atoms with van der Waals surface area (Å²) in [4.78, 5) is 26.1. The van der Waals surface area contributed by atoms with Crippen LogP contribution in [0.25, 0.3) is 6.08 Å². The molecule has 1 saturated heterocycles. The molecule has 146 valence electrons. The predicted octanol–water partition coefficient (Wildman–Crippen LogP) is 4.22. The van der Waals surface area contributed by atoms with E-state index in [0.29, 0.717) is 16.8 Å². The molecular formula is C21H21ClFN3O2. The summed E-state index contributed by atoms with van der Waals surface area (Å²) in [6.45, 7) is 1.78. The van der Waals surface area contributed by atoms with E-state index in [9.17, 15) is 14.0 Å². The molecule has 0 aromatic heterocycles. The van der Waals surface area contributed by atoms with Crippen LogP contribution >= 0.6 is 11.6 Å². The van der Waals surface area contributed by atoms with E-state index >= 15 is 0 Å². The first-order chi connectivity index (χ1) is 13.4. The van der Waals surface area contributed by atoms with Gasteiger partial charge in [0.2, 0.25) is 11.8 Å². The Morgan fingerprint density at radius 2 is 1.86 bits per heavy atom. The van der Waals surface area contributed by atoms with Gasteiger partial charge in [-0.1, -0.05) is 17.7 Å². The van der Waals surface area contributed by atoms with Crippen molar-refractivity contribution in [1.82, 2.24) is 0 Å². The van der Waals surface area contributed by atoms with Crippen LogP contribution in [0.4, 0.5) is 15.8 Å². The van der Waals surface area contributed by atoms with Gasteiger partial charge < -0.3 is 16.0 Å². The third-order valence-corrected chi connectivity index (χ3v) is 4.90. The third-order valence-electron chi connectivity index (χ3n) is 4.61. The molecule has 3 N–H and O–H groups in total. The number of primary amides is 1. The number of halogens is 2. The Balaban J connectivity index is 1.81. The minimum atomic E-state index is -0.558. The van der Waals surface area contributed by atoms with E-state index in [1.165, 1.54) is 30.7 Å². The van der Waals surface area contributed by atoms with Gasteiger partial charge in [-0.25, -0.2) is 4.39 Å². The second kappa shape index (κ2) is 8.89. The van der Waals surface area contributed by atoms with Gasteiger partial charge in [-0.15, -0.1) is 0 Å². The summed E-state index contributed by atoms with van der Waals surface area (Å²) in [5, 5.41) is 2.81. The third kappa shape index (κ3) is 4.89. The minimum Gasteiger partial charge on any atom is -0.370 e. The lowest BCUT2D eigenvalue weighted by Gasteiger charge is -2.30. The highest BCUT2D eigenvalue weighted by Gasteiger charge is 2.17. The number of carbonyl (C=O) groups excluding carboxylic acids is 2. The molecule has 0 spiro atoms. The van der Waals surface area contributed by atoms with Crippen molar-refractivity contribution < 1.29 is 14.0 Å². The van der Waals surface area contributed by atoms with Crippen LogP contribution in [0.3, 0.4) is 0 Å². The van der Waals surface area contributed by atoms with Gasteiger partial charge in [0.15, 0.2) is 0 Å². The summed E-state index contributed by atoms with van der Waals surface area (Å²) in [5.41, 5.74) is 7.70. The monoisotopic (exact) mass is 401 g/mol. The van der Waals surface area contributed by atoms with E-state index < -0.39 is 11.7 Å². The Morgan fingerprint density at radius 3 is 2.54 bits per heavy atom. The van der Waals surface area contributed by atoms with Crippen LogP contribution in [-0.2, 0) is 4.79 Å². The van der Waals surface area contributed by atoms with Crippen molar-refractivity contribution in [1.29, 1.82) is 0 Å². The van der Waals surface area contributed by atoms with Crippen LogP contribution in [0.5, 0.6) is 0 Å². The number of nitrogens with two attached hydrogens (primary N) is 1. The minimum absolute atomic E-state index is 0.0101. The lowest BCUT2D eigenvalue weighted by Crippen LogP contribution is -2.30. The van der Waals surface area contributed by atoms with Gasteiger partial charge in [0.1, 0.15) is 5.82 Å². The maximum absolute atomic E-state index is 13.2. The molecule has 3 rings (SSSR count). The molecule has 1 aliphatic heterocycles.